The van der Waals surface area contributed by atoms with Gasteiger partial charge in [0.15, 0.2) is 0 Å². The first-order valence-electron chi connectivity index (χ1n) is 8.84. The Balaban J connectivity index is 1.79. The van der Waals surface area contributed by atoms with E-state index in [2.05, 4.69) is 4.98 Å². The summed E-state index contributed by atoms with van der Waals surface area (Å²) in [5, 5.41) is 0.0950. The number of sulfonamides is 1. The maximum atomic E-state index is 12.6. The highest BCUT2D eigenvalue weighted by Gasteiger charge is 2.21. The van der Waals surface area contributed by atoms with E-state index >= 15 is 0 Å². The number of hydrogen-bond acceptors (Lipinski definition) is 6. The van der Waals surface area contributed by atoms with Gasteiger partial charge >= 0.3 is 5.97 Å². The Morgan fingerprint density at radius 1 is 1.10 bits per heavy atom. The van der Waals surface area contributed by atoms with Crippen molar-refractivity contribution < 1.29 is 22.7 Å². The number of carbonyl (C=O) groups excluding carboxylic acids is 1. The molecule has 1 aromatic heterocycles. The number of carbonyl (C=O) groups is 1. The molecular formula is C21H19ClN2O5S. The molecule has 0 saturated heterocycles. The molecule has 30 heavy (non-hydrogen) atoms. The van der Waals surface area contributed by atoms with Crippen LogP contribution in [0.4, 0.5) is 0 Å². The van der Waals surface area contributed by atoms with Crippen molar-refractivity contribution >= 4 is 27.6 Å². The van der Waals surface area contributed by atoms with Crippen molar-refractivity contribution in [1.29, 1.82) is 0 Å². The van der Waals surface area contributed by atoms with Gasteiger partial charge in [-0.05, 0) is 36.4 Å². The van der Waals surface area contributed by atoms with Gasteiger partial charge in [0, 0.05) is 25.9 Å². The van der Waals surface area contributed by atoms with Gasteiger partial charge < -0.3 is 9.47 Å². The van der Waals surface area contributed by atoms with Crippen molar-refractivity contribution in [3.63, 3.8) is 0 Å². The van der Waals surface area contributed by atoms with E-state index in [9.17, 15) is 13.2 Å². The zero-order valence-corrected chi connectivity index (χ0v) is 17.9. The Hall–Kier alpha value is -2.94. The number of benzene rings is 2. The minimum atomic E-state index is -3.72. The standard InChI is InChI=1S/C21H19ClN2O5S/c1-24(2)30(26,27)17-9-10-19(22)18(12-17)21(25)28-14-15-6-3-4-8-20(15)29-16-7-5-11-23-13-16/h3-13H,14H2,1-2H3. The quantitative estimate of drug-likeness (QED) is 0.507. The molecule has 156 valence electrons. The number of rotatable bonds is 7. The topological polar surface area (TPSA) is 85.8 Å². The first kappa shape index (κ1) is 21.8. The van der Waals surface area contributed by atoms with Crippen LogP contribution in [0.15, 0.2) is 71.9 Å². The largest absolute Gasteiger partial charge is 0.457 e. The maximum Gasteiger partial charge on any atom is 0.340 e. The lowest BCUT2D eigenvalue weighted by Gasteiger charge is -2.14. The van der Waals surface area contributed by atoms with Gasteiger partial charge in [0.1, 0.15) is 18.1 Å². The third-order valence-corrected chi connectivity index (χ3v) is 6.27. The summed E-state index contributed by atoms with van der Waals surface area (Å²) in [6.45, 7) is -0.0870. The number of ether oxygens (including phenoxy) is 2. The van der Waals surface area contributed by atoms with Gasteiger partial charge in [-0.25, -0.2) is 17.5 Å². The first-order valence-corrected chi connectivity index (χ1v) is 10.7. The Morgan fingerprint density at radius 3 is 2.57 bits per heavy atom. The summed E-state index contributed by atoms with van der Waals surface area (Å²) >= 11 is 6.10. The second-order valence-electron chi connectivity index (χ2n) is 6.40. The molecule has 0 unspecified atom stereocenters. The summed E-state index contributed by atoms with van der Waals surface area (Å²) in [6.07, 6.45) is 3.20. The van der Waals surface area contributed by atoms with E-state index in [4.69, 9.17) is 21.1 Å². The maximum absolute atomic E-state index is 12.6. The second-order valence-corrected chi connectivity index (χ2v) is 8.96. The fourth-order valence-corrected chi connectivity index (χ4v) is 3.63. The van der Waals surface area contributed by atoms with E-state index in [1.165, 1.54) is 32.3 Å². The van der Waals surface area contributed by atoms with Gasteiger partial charge in [-0.1, -0.05) is 29.8 Å². The van der Waals surface area contributed by atoms with E-state index in [0.717, 1.165) is 4.31 Å². The summed E-state index contributed by atoms with van der Waals surface area (Å²) in [4.78, 5) is 16.5. The van der Waals surface area contributed by atoms with E-state index in [0.29, 0.717) is 17.1 Å². The monoisotopic (exact) mass is 446 g/mol. The van der Waals surface area contributed by atoms with Gasteiger partial charge in [0.25, 0.3) is 0 Å². The van der Waals surface area contributed by atoms with Crippen LogP contribution in [0.5, 0.6) is 11.5 Å². The molecule has 0 fully saturated rings. The van der Waals surface area contributed by atoms with Crippen molar-refractivity contribution in [2.24, 2.45) is 0 Å². The lowest BCUT2D eigenvalue weighted by molar-refractivity contribution is 0.0470. The Labute approximate surface area is 179 Å². The molecule has 3 rings (SSSR count). The van der Waals surface area contributed by atoms with Crippen LogP contribution in [0.3, 0.4) is 0 Å². The lowest BCUT2D eigenvalue weighted by atomic mass is 10.2. The minimum Gasteiger partial charge on any atom is -0.457 e. The molecule has 0 radical (unpaired) electrons. The van der Waals surface area contributed by atoms with Crippen LogP contribution in [0, 0.1) is 0 Å². The molecule has 0 aliphatic rings. The van der Waals surface area contributed by atoms with Crippen LogP contribution >= 0.6 is 11.6 Å². The second kappa shape index (κ2) is 9.25. The average molecular weight is 447 g/mol. The van der Waals surface area contributed by atoms with Gasteiger partial charge in [0.2, 0.25) is 10.0 Å². The van der Waals surface area contributed by atoms with Gasteiger partial charge in [-0.15, -0.1) is 0 Å². The van der Waals surface area contributed by atoms with Gasteiger partial charge in [-0.2, -0.15) is 0 Å². The molecule has 0 N–H and O–H groups in total. The van der Waals surface area contributed by atoms with Crippen molar-refractivity contribution in [3.05, 3.63) is 83.1 Å². The van der Waals surface area contributed by atoms with Gasteiger partial charge in [0.05, 0.1) is 21.7 Å². The molecule has 0 aliphatic heterocycles. The normalized spacial score (nSPS) is 11.3. The summed E-state index contributed by atoms with van der Waals surface area (Å²) in [7, 11) is -0.909. The van der Waals surface area contributed by atoms with Crippen LogP contribution in [-0.4, -0.2) is 37.8 Å². The number of esters is 1. The van der Waals surface area contributed by atoms with Gasteiger partial charge in [-0.3, -0.25) is 4.98 Å². The number of nitrogens with zero attached hydrogens (tertiary/aromatic N) is 2. The molecule has 0 amide bonds. The molecule has 0 spiro atoms. The lowest BCUT2D eigenvalue weighted by Crippen LogP contribution is -2.22. The van der Waals surface area contributed by atoms with Crippen LogP contribution < -0.4 is 4.74 Å². The Bertz CT molecular complexity index is 1150. The van der Waals surface area contributed by atoms with E-state index in [1.807, 2.05) is 0 Å². The van der Waals surface area contributed by atoms with E-state index < -0.39 is 16.0 Å². The minimum absolute atomic E-state index is 0.0368. The zero-order valence-electron chi connectivity index (χ0n) is 16.3. The predicted octanol–water partition coefficient (Wildman–Crippen LogP) is 4.13. The van der Waals surface area contributed by atoms with Crippen molar-refractivity contribution in [1.82, 2.24) is 9.29 Å². The Morgan fingerprint density at radius 2 is 1.87 bits per heavy atom. The summed E-state index contributed by atoms with van der Waals surface area (Å²) in [6, 6.07) is 14.5. The number of hydrogen-bond donors (Lipinski definition) is 0. The Kier molecular flexibility index (Phi) is 6.71. The van der Waals surface area contributed by atoms with Crippen molar-refractivity contribution in [3.8, 4) is 11.5 Å². The summed E-state index contributed by atoms with van der Waals surface area (Å²) < 4.78 is 36.9. The first-order chi connectivity index (χ1) is 14.3. The molecule has 1 heterocycles. The van der Waals surface area contributed by atoms with Crippen molar-refractivity contribution in [2.75, 3.05) is 14.1 Å². The SMILES string of the molecule is CN(C)S(=O)(=O)c1ccc(Cl)c(C(=O)OCc2ccccc2Oc2cccnc2)c1. The van der Waals surface area contributed by atoms with E-state index in [-0.39, 0.29) is 22.1 Å². The molecule has 0 aliphatic carbocycles. The molecule has 0 saturated carbocycles. The van der Waals surface area contributed by atoms with Crippen LogP contribution in [0.1, 0.15) is 15.9 Å². The average Bonchev–Trinajstić information content (AvgIpc) is 2.73. The van der Waals surface area contributed by atoms with Crippen LogP contribution in [-0.2, 0) is 21.4 Å². The van der Waals surface area contributed by atoms with Crippen LogP contribution in [0.2, 0.25) is 5.02 Å². The van der Waals surface area contributed by atoms with Crippen LogP contribution in [0.25, 0.3) is 0 Å². The fraction of sp³-hybridized carbons (Fsp3) is 0.143. The van der Waals surface area contributed by atoms with E-state index in [1.54, 1.807) is 48.8 Å². The molecule has 0 bridgehead atoms. The number of aromatic nitrogens is 1. The molecule has 2 aromatic carbocycles. The number of halogens is 1. The molecule has 0 atom stereocenters. The molecular weight excluding hydrogens is 428 g/mol. The fourth-order valence-electron chi connectivity index (χ4n) is 2.51. The number of para-hydroxylation sites is 1. The number of pyridine rings is 1. The molecule has 7 nitrogen and oxygen atoms in total. The molecule has 3 aromatic rings. The third-order valence-electron chi connectivity index (χ3n) is 4.13. The highest BCUT2D eigenvalue weighted by molar-refractivity contribution is 7.89. The highest BCUT2D eigenvalue weighted by atomic mass is 35.5. The smallest absolute Gasteiger partial charge is 0.340 e. The van der Waals surface area contributed by atoms with Crippen molar-refractivity contribution in [2.45, 2.75) is 11.5 Å². The predicted molar refractivity (Wildman–Crippen MR) is 112 cm³/mol. The highest BCUT2D eigenvalue weighted by Crippen LogP contribution is 2.27. The molecule has 9 heteroatoms. The zero-order chi connectivity index (χ0) is 21.7. The summed E-state index contributed by atoms with van der Waals surface area (Å²) in [5.74, 6) is 0.307. The third kappa shape index (κ3) is 4.96. The summed E-state index contributed by atoms with van der Waals surface area (Å²) in [5.41, 5.74) is 0.591.